The molecule has 1 amide bonds. The van der Waals surface area contributed by atoms with E-state index in [9.17, 15) is 4.79 Å². The molecule has 0 aromatic carbocycles. The lowest BCUT2D eigenvalue weighted by atomic mass is 10.0. The summed E-state index contributed by atoms with van der Waals surface area (Å²) < 4.78 is 5.40. The summed E-state index contributed by atoms with van der Waals surface area (Å²) in [7, 11) is 3.67. The largest absolute Gasteiger partial charge is 0.381 e. The minimum absolute atomic E-state index is 0.0977. The first kappa shape index (κ1) is 12.5. The Balaban J connectivity index is 2.33. The number of amides is 1. The molecule has 1 fully saturated rings. The van der Waals surface area contributed by atoms with Crippen LogP contribution in [0.3, 0.4) is 0 Å². The second-order valence-electron chi connectivity index (χ2n) is 4.31. The maximum absolute atomic E-state index is 11.8. The fourth-order valence-electron chi connectivity index (χ4n) is 1.88. The fourth-order valence-corrected chi connectivity index (χ4v) is 1.88. The number of nitrogens with one attached hydrogen (secondary N) is 1. The molecular weight excluding hydrogens is 192 g/mol. The van der Waals surface area contributed by atoms with Crippen molar-refractivity contribution >= 4 is 5.91 Å². The molecule has 15 heavy (non-hydrogen) atoms. The van der Waals surface area contributed by atoms with Gasteiger partial charge in [-0.1, -0.05) is 0 Å². The van der Waals surface area contributed by atoms with Crippen LogP contribution in [0.5, 0.6) is 0 Å². The predicted molar refractivity (Wildman–Crippen MR) is 59.7 cm³/mol. The van der Waals surface area contributed by atoms with Crippen molar-refractivity contribution in [1.29, 1.82) is 0 Å². The molecule has 2 unspecified atom stereocenters. The van der Waals surface area contributed by atoms with Crippen LogP contribution >= 0.6 is 0 Å². The average Bonchev–Trinajstić information content (AvgIpc) is 2.28. The minimum Gasteiger partial charge on any atom is -0.381 e. The van der Waals surface area contributed by atoms with Crippen molar-refractivity contribution in [2.24, 2.45) is 5.92 Å². The molecule has 0 aliphatic carbocycles. The van der Waals surface area contributed by atoms with Crippen molar-refractivity contribution in [3.8, 4) is 0 Å². The molecule has 0 bridgehead atoms. The van der Waals surface area contributed by atoms with Crippen LogP contribution in [0.4, 0.5) is 0 Å². The molecule has 4 nitrogen and oxygen atoms in total. The highest BCUT2D eigenvalue weighted by Crippen LogP contribution is 2.14. The molecule has 0 radical (unpaired) electrons. The number of nitrogens with zero attached hydrogens (tertiary/aromatic N) is 1. The maximum atomic E-state index is 11.8. The monoisotopic (exact) mass is 214 g/mol. The smallest absolute Gasteiger partial charge is 0.239 e. The van der Waals surface area contributed by atoms with Gasteiger partial charge in [0.05, 0.1) is 12.6 Å². The number of hydrogen-bond acceptors (Lipinski definition) is 3. The number of hydrogen-bond donors (Lipinski definition) is 1. The van der Waals surface area contributed by atoms with Crippen LogP contribution in [0.25, 0.3) is 0 Å². The summed E-state index contributed by atoms with van der Waals surface area (Å²) in [6.45, 7) is 4.37. The van der Waals surface area contributed by atoms with Gasteiger partial charge in [-0.3, -0.25) is 4.79 Å². The standard InChI is InChI=1S/C11H22N2O2/c1-9(12-2)11(14)13(3)7-10-5-4-6-15-8-10/h9-10,12H,4-8H2,1-3H3. The fraction of sp³-hybridized carbons (Fsp3) is 0.909. The van der Waals surface area contributed by atoms with Gasteiger partial charge in [0.25, 0.3) is 0 Å². The highest BCUT2D eigenvalue weighted by Gasteiger charge is 2.21. The number of carbonyl (C=O) groups excluding carboxylic acids is 1. The quantitative estimate of drug-likeness (QED) is 0.740. The van der Waals surface area contributed by atoms with Gasteiger partial charge < -0.3 is 15.0 Å². The minimum atomic E-state index is -0.0977. The summed E-state index contributed by atoms with van der Waals surface area (Å²) >= 11 is 0. The third-order valence-corrected chi connectivity index (χ3v) is 2.97. The summed E-state index contributed by atoms with van der Waals surface area (Å²) in [5.41, 5.74) is 0. The van der Waals surface area contributed by atoms with Crippen molar-refractivity contribution in [3.05, 3.63) is 0 Å². The highest BCUT2D eigenvalue weighted by molar-refractivity contribution is 5.81. The summed E-state index contributed by atoms with van der Waals surface area (Å²) in [5, 5.41) is 2.96. The van der Waals surface area contributed by atoms with Gasteiger partial charge in [0.2, 0.25) is 5.91 Å². The van der Waals surface area contributed by atoms with Crippen LogP contribution in [-0.4, -0.2) is 50.7 Å². The lowest BCUT2D eigenvalue weighted by Crippen LogP contribution is -2.44. The predicted octanol–water partition coefficient (Wildman–Crippen LogP) is 0.479. The highest BCUT2D eigenvalue weighted by atomic mass is 16.5. The topological polar surface area (TPSA) is 41.6 Å². The lowest BCUT2D eigenvalue weighted by Gasteiger charge is -2.28. The molecule has 0 aromatic rings. The van der Waals surface area contributed by atoms with Crippen LogP contribution in [0.1, 0.15) is 19.8 Å². The van der Waals surface area contributed by atoms with E-state index in [0.29, 0.717) is 5.92 Å². The molecule has 1 saturated heterocycles. The van der Waals surface area contributed by atoms with Crippen LogP contribution in [0.2, 0.25) is 0 Å². The summed E-state index contributed by atoms with van der Waals surface area (Å²) in [4.78, 5) is 13.6. The first-order chi connectivity index (χ1) is 7.15. The Morgan fingerprint density at radius 3 is 2.93 bits per heavy atom. The zero-order valence-electron chi connectivity index (χ0n) is 9.95. The van der Waals surface area contributed by atoms with Gasteiger partial charge in [0.15, 0.2) is 0 Å². The van der Waals surface area contributed by atoms with E-state index in [2.05, 4.69) is 5.32 Å². The van der Waals surface area contributed by atoms with Gasteiger partial charge in [-0.05, 0) is 32.7 Å². The number of carbonyl (C=O) groups is 1. The molecule has 1 heterocycles. The first-order valence-corrected chi connectivity index (χ1v) is 5.65. The first-order valence-electron chi connectivity index (χ1n) is 5.65. The van der Waals surface area contributed by atoms with Crippen LogP contribution in [0, 0.1) is 5.92 Å². The summed E-state index contributed by atoms with van der Waals surface area (Å²) in [6.07, 6.45) is 2.29. The van der Waals surface area contributed by atoms with Crippen LogP contribution in [-0.2, 0) is 9.53 Å². The third kappa shape index (κ3) is 3.80. The SMILES string of the molecule is CNC(C)C(=O)N(C)CC1CCCOC1. The van der Waals surface area contributed by atoms with Crippen molar-refractivity contribution < 1.29 is 9.53 Å². The van der Waals surface area contributed by atoms with Crippen molar-refractivity contribution in [1.82, 2.24) is 10.2 Å². The van der Waals surface area contributed by atoms with E-state index in [4.69, 9.17) is 4.74 Å². The molecule has 4 heteroatoms. The van der Waals surface area contributed by atoms with E-state index in [1.54, 1.807) is 11.9 Å². The number of likely N-dealkylation sites (N-methyl/N-ethyl adjacent to an activating group) is 2. The van der Waals surface area contributed by atoms with Crippen molar-refractivity contribution in [2.45, 2.75) is 25.8 Å². The Labute approximate surface area is 92.0 Å². The van der Waals surface area contributed by atoms with Crippen molar-refractivity contribution in [2.75, 3.05) is 33.9 Å². The lowest BCUT2D eigenvalue weighted by molar-refractivity contribution is -0.132. The molecule has 0 aromatic heterocycles. The zero-order chi connectivity index (χ0) is 11.3. The van der Waals surface area contributed by atoms with Crippen LogP contribution in [0.15, 0.2) is 0 Å². The van der Waals surface area contributed by atoms with E-state index in [1.807, 2.05) is 14.0 Å². The van der Waals surface area contributed by atoms with E-state index < -0.39 is 0 Å². The zero-order valence-corrected chi connectivity index (χ0v) is 9.95. The molecule has 1 N–H and O–H groups in total. The molecular formula is C11H22N2O2. The second kappa shape index (κ2) is 6.08. The summed E-state index contributed by atoms with van der Waals surface area (Å²) in [5.74, 6) is 0.667. The van der Waals surface area contributed by atoms with Gasteiger partial charge in [-0.15, -0.1) is 0 Å². The van der Waals surface area contributed by atoms with Gasteiger partial charge in [-0.2, -0.15) is 0 Å². The Hall–Kier alpha value is -0.610. The Bertz CT molecular complexity index is 203. The Kier molecular flexibility index (Phi) is 5.05. The van der Waals surface area contributed by atoms with Gasteiger partial charge in [0.1, 0.15) is 0 Å². The number of ether oxygens (including phenoxy) is 1. The maximum Gasteiger partial charge on any atom is 0.239 e. The van der Waals surface area contributed by atoms with E-state index >= 15 is 0 Å². The summed E-state index contributed by atoms with van der Waals surface area (Å²) in [6, 6.07) is -0.0977. The Morgan fingerprint density at radius 2 is 2.40 bits per heavy atom. The third-order valence-electron chi connectivity index (χ3n) is 2.97. The molecule has 1 rings (SSSR count). The van der Waals surface area contributed by atoms with Gasteiger partial charge in [-0.25, -0.2) is 0 Å². The number of rotatable bonds is 4. The average molecular weight is 214 g/mol. The van der Waals surface area contributed by atoms with Crippen molar-refractivity contribution in [3.63, 3.8) is 0 Å². The second-order valence-corrected chi connectivity index (χ2v) is 4.31. The molecule has 1 aliphatic heterocycles. The molecule has 88 valence electrons. The van der Waals surface area contributed by atoms with E-state index in [-0.39, 0.29) is 11.9 Å². The molecule has 1 aliphatic rings. The van der Waals surface area contributed by atoms with Crippen LogP contribution < -0.4 is 5.32 Å². The normalized spacial score (nSPS) is 23.5. The van der Waals surface area contributed by atoms with Gasteiger partial charge in [0, 0.05) is 20.2 Å². The van der Waals surface area contributed by atoms with Gasteiger partial charge >= 0.3 is 0 Å². The Morgan fingerprint density at radius 1 is 1.67 bits per heavy atom. The molecule has 0 saturated carbocycles. The van der Waals surface area contributed by atoms with E-state index in [1.165, 1.54) is 6.42 Å². The molecule has 2 atom stereocenters. The molecule has 0 spiro atoms. The van der Waals surface area contributed by atoms with E-state index in [0.717, 1.165) is 26.2 Å².